The molecule has 1 aliphatic carbocycles. The molecule has 3 aromatic carbocycles. The summed E-state index contributed by atoms with van der Waals surface area (Å²) in [6.45, 7) is 4.91. The topological polar surface area (TPSA) is 58.5 Å². The van der Waals surface area contributed by atoms with E-state index in [4.69, 9.17) is 4.84 Å². The SMILES string of the molecule is C=C(CCN(C)c1cccc(C2CCCCC2c2cccc(N(C)C)c2)c1)ONc1cccc(-n2c(S)nnc2S)c1. The predicted molar refractivity (Wildman–Crippen MR) is 179 cm³/mol. The molecule has 1 fully saturated rings. The van der Waals surface area contributed by atoms with Gasteiger partial charge in [0.2, 0.25) is 0 Å². The highest BCUT2D eigenvalue weighted by Crippen LogP contribution is 2.45. The molecule has 1 aliphatic rings. The maximum atomic E-state index is 5.80. The lowest BCUT2D eigenvalue weighted by Gasteiger charge is -2.33. The maximum absolute atomic E-state index is 5.80. The van der Waals surface area contributed by atoms with Crippen molar-refractivity contribution < 1.29 is 4.84 Å². The smallest absolute Gasteiger partial charge is 0.193 e. The molecule has 9 heteroatoms. The molecule has 1 heterocycles. The number of hydrogen-bond donors (Lipinski definition) is 3. The summed E-state index contributed by atoms with van der Waals surface area (Å²) < 4.78 is 1.74. The third kappa shape index (κ3) is 7.07. The van der Waals surface area contributed by atoms with Crippen molar-refractivity contribution in [3.8, 4) is 5.69 Å². The number of hydrogen-bond acceptors (Lipinski definition) is 8. The largest absolute Gasteiger partial charge is 0.387 e. The minimum atomic E-state index is 0.465. The summed E-state index contributed by atoms with van der Waals surface area (Å²) in [5.74, 6) is 1.73. The van der Waals surface area contributed by atoms with E-state index in [0.717, 1.165) is 17.9 Å². The minimum Gasteiger partial charge on any atom is -0.387 e. The summed E-state index contributed by atoms with van der Waals surface area (Å²) in [5, 5.41) is 8.83. The molecule has 0 amide bonds. The Balaban J connectivity index is 1.19. The van der Waals surface area contributed by atoms with Crippen LogP contribution in [0.5, 0.6) is 0 Å². The van der Waals surface area contributed by atoms with Crippen LogP contribution in [0.3, 0.4) is 0 Å². The summed E-state index contributed by atoms with van der Waals surface area (Å²) in [7, 11) is 6.36. The van der Waals surface area contributed by atoms with Crippen LogP contribution in [-0.2, 0) is 4.84 Å². The van der Waals surface area contributed by atoms with Crippen LogP contribution in [0.25, 0.3) is 5.69 Å². The van der Waals surface area contributed by atoms with E-state index < -0.39 is 0 Å². The van der Waals surface area contributed by atoms with Crippen LogP contribution in [-0.4, -0.2) is 42.5 Å². The maximum Gasteiger partial charge on any atom is 0.193 e. The lowest BCUT2D eigenvalue weighted by Crippen LogP contribution is -2.21. The molecule has 1 aromatic heterocycles. The standard InChI is InChI=1S/C33H40N6OS2/c1-23(40-36-26-12-9-15-29(22-26)39-32(41)34-35-33(39)42)18-19-38(4)28-14-8-11-25(21-28)31-17-6-5-16-30(31)24-10-7-13-27(20-24)37(2)3/h7-15,20-22,30-31,36H,1,5-6,16-19H2,2-4H3,(H,34,41)(H,35,42). The van der Waals surface area contributed by atoms with Gasteiger partial charge in [0.05, 0.1) is 11.4 Å². The molecule has 42 heavy (non-hydrogen) atoms. The molecule has 0 radical (unpaired) electrons. The van der Waals surface area contributed by atoms with E-state index >= 15 is 0 Å². The molecule has 2 unspecified atom stereocenters. The van der Waals surface area contributed by atoms with Crippen LogP contribution in [0.2, 0.25) is 0 Å². The molecule has 0 bridgehead atoms. The van der Waals surface area contributed by atoms with Crippen LogP contribution < -0.4 is 15.3 Å². The van der Waals surface area contributed by atoms with Crippen LogP contribution in [0, 0.1) is 0 Å². The normalized spacial score (nSPS) is 16.6. The Morgan fingerprint density at radius 1 is 0.881 bits per heavy atom. The lowest BCUT2D eigenvalue weighted by atomic mass is 9.72. The van der Waals surface area contributed by atoms with E-state index in [1.807, 2.05) is 24.3 Å². The Labute approximate surface area is 260 Å². The minimum absolute atomic E-state index is 0.465. The molecule has 1 saturated carbocycles. The first kappa shape index (κ1) is 29.9. The second kappa shape index (κ2) is 13.6. The van der Waals surface area contributed by atoms with Crippen molar-refractivity contribution in [3.05, 3.63) is 96.3 Å². The van der Waals surface area contributed by atoms with Gasteiger partial charge in [0.1, 0.15) is 5.76 Å². The Kier molecular flexibility index (Phi) is 9.69. The molecular formula is C33H40N6OS2. The number of benzene rings is 3. The van der Waals surface area contributed by atoms with Gasteiger partial charge in [-0.2, -0.15) is 0 Å². The molecule has 0 aliphatic heterocycles. The summed E-state index contributed by atoms with van der Waals surface area (Å²) in [5.41, 5.74) is 9.98. The number of aromatic nitrogens is 3. The van der Waals surface area contributed by atoms with Crippen molar-refractivity contribution in [2.75, 3.05) is 43.0 Å². The average Bonchev–Trinajstić information content (AvgIpc) is 3.36. The average molecular weight is 601 g/mol. The zero-order valence-corrected chi connectivity index (χ0v) is 26.4. The second-order valence-corrected chi connectivity index (χ2v) is 12.0. The summed E-state index contributed by atoms with van der Waals surface area (Å²) in [4.78, 5) is 10.3. The highest BCUT2D eigenvalue weighted by Gasteiger charge is 2.28. The molecule has 5 rings (SSSR count). The van der Waals surface area contributed by atoms with Crippen molar-refractivity contribution in [1.29, 1.82) is 0 Å². The lowest BCUT2D eigenvalue weighted by molar-refractivity contribution is 0.274. The van der Waals surface area contributed by atoms with Gasteiger partial charge in [-0.3, -0.25) is 4.57 Å². The Morgan fingerprint density at radius 2 is 1.48 bits per heavy atom. The van der Waals surface area contributed by atoms with Gasteiger partial charge in [-0.25, -0.2) is 5.48 Å². The first-order valence-corrected chi connectivity index (χ1v) is 15.3. The highest BCUT2D eigenvalue weighted by atomic mass is 32.1. The van der Waals surface area contributed by atoms with Gasteiger partial charge >= 0.3 is 0 Å². The molecule has 2 atom stereocenters. The van der Waals surface area contributed by atoms with Crippen LogP contribution in [0.4, 0.5) is 17.1 Å². The van der Waals surface area contributed by atoms with Gasteiger partial charge in [0, 0.05) is 45.5 Å². The summed E-state index contributed by atoms with van der Waals surface area (Å²) in [6, 6.07) is 25.8. The highest BCUT2D eigenvalue weighted by molar-refractivity contribution is 7.80. The molecule has 1 N–H and O–H groups in total. The van der Waals surface area contributed by atoms with E-state index in [0.29, 0.717) is 34.3 Å². The number of thiol groups is 2. The van der Waals surface area contributed by atoms with Crippen molar-refractivity contribution in [1.82, 2.24) is 14.8 Å². The second-order valence-electron chi connectivity index (χ2n) is 11.2. The van der Waals surface area contributed by atoms with E-state index in [1.54, 1.807) is 4.57 Å². The van der Waals surface area contributed by atoms with Crippen LogP contribution in [0.1, 0.15) is 55.1 Å². The van der Waals surface area contributed by atoms with Crippen molar-refractivity contribution >= 4 is 42.3 Å². The van der Waals surface area contributed by atoms with E-state index in [9.17, 15) is 0 Å². The van der Waals surface area contributed by atoms with E-state index in [1.165, 1.54) is 48.2 Å². The van der Waals surface area contributed by atoms with Crippen molar-refractivity contribution in [2.45, 2.75) is 54.3 Å². The van der Waals surface area contributed by atoms with Crippen molar-refractivity contribution in [2.24, 2.45) is 0 Å². The van der Waals surface area contributed by atoms with E-state index in [2.05, 4.69) is 127 Å². The molecule has 0 saturated heterocycles. The monoisotopic (exact) mass is 600 g/mol. The summed E-state index contributed by atoms with van der Waals surface area (Å²) in [6.07, 6.45) is 5.72. The van der Waals surface area contributed by atoms with Gasteiger partial charge in [0.15, 0.2) is 10.3 Å². The fraction of sp³-hybridized carbons (Fsp3) is 0.333. The zero-order valence-electron chi connectivity index (χ0n) is 24.6. The number of rotatable bonds is 11. The Hall–Kier alpha value is -3.56. The molecule has 7 nitrogen and oxygen atoms in total. The van der Waals surface area contributed by atoms with Crippen molar-refractivity contribution in [3.63, 3.8) is 0 Å². The van der Waals surface area contributed by atoms with E-state index in [-0.39, 0.29) is 0 Å². The Morgan fingerprint density at radius 3 is 2.12 bits per heavy atom. The molecule has 220 valence electrons. The fourth-order valence-corrected chi connectivity index (χ4v) is 6.36. The number of nitrogens with one attached hydrogen (secondary N) is 1. The summed E-state index contributed by atoms with van der Waals surface area (Å²) >= 11 is 8.72. The van der Waals surface area contributed by atoms with Crippen LogP contribution in [0.15, 0.2) is 95.4 Å². The van der Waals surface area contributed by atoms with Gasteiger partial charge in [-0.05, 0) is 78.3 Å². The van der Waals surface area contributed by atoms with Gasteiger partial charge in [0.25, 0.3) is 0 Å². The first-order valence-electron chi connectivity index (χ1n) is 14.4. The molecule has 4 aromatic rings. The zero-order chi connectivity index (χ0) is 29.6. The quantitative estimate of drug-likeness (QED) is 0.0931. The first-order chi connectivity index (χ1) is 20.3. The predicted octanol–water partition coefficient (Wildman–Crippen LogP) is 7.74. The van der Waals surface area contributed by atoms with Gasteiger partial charge in [-0.1, -0.05) is 49.8 Å². The number of anilines is 3. The fourth-order valence-electron chi connectivity index (χ4n) is 5.77. The van der Waals surface area contributed by atoms with Gasteiger partial charge in [-0.15, -0.1) is 35.5 Å². The molecular weight excluding hydrogens is 561 g/mol. The number of nitrogens with zero attached hydrogens (tertiary/aromatic N) is 5. The third-order valence-electron chi connectivity index (χ3n) is 8.09. The Bertz CT molecular complexity index is 1500. The van der Waals surface area contributed by atoms with Gasteiger partial charge < -0.3 is 14.6 Å². The molecule has 0 spiro atoms. The third-order valence-corrected chi connectivity index (χ3v) is 8.67. The van der Waals surface area contributed by atoms with Crippen LogP contribution >= 0.6 is 25.3 Å².